The van der Waals surface area contributed by atoms with Crippen LogP contribution < -0.4 is 9.75 Å². The van der Waals surface area contributed by atoms with E-state index < -0.39 is 5.92 Å². The number of hydrogen-bond acceptors (Lipinski definition) is 3. The summed E-state index contributed by atoms with van der Waals surface area (Å²) in [5.74, 6) is -1.82. The molecule has 0 amide bonds. The van der Waals surface area contributed by atoms with Crippen LogP contribution in [0.3, 0.4) is 0 Å². The first-order chi connectivity index (χ1) is 9.50. The van der Waals surface area contributed by atoms with Crippen molar-refractivity contribution in [1.82, 2.24) is 5.01 Å². The van der Waals surface area contributed by atoms with Gasteiger partial charge in [-0.25, -0.2) is 13.8 Å². The molecule has 0 atom stereocenters. The summed E-state index contributed by atoms with van der Waals surface area (Å²) in [5, 5.41) is 3.51. The average molecular weight is 282 g/mol. The summed E-state index contributed by atoms with van der Waals surface area (Å²) in [6, 6.07) is 4.18. The number of fused-ring (bicyclic) bond motifs is 1. The first kappa shape index (κ1) is 13.6. The minimum absolute atomic E-state index is 0.114. The van der Waals surface area contributed by atoms with Crippen molar-refractivity contribution in [2.75, 3.05) is 32.3 Å². The number of hydrogen-bond donors (Lipinski definition) is 0. The van der Waals surface area contributed by atoms with Gasteiger partial charge in [0.05, 0.1) is 19.3 Å². The highest BCUT2D eigenvalue weighted by molar-refractivity contribution is 5.62. The van der Waals surface area contributed by atoms with Crippen molar-refractivity contribution in [3.8, 4) is 5.75 Å². The highest BCUT2D eigenvalue weighted by atomic mass is 19.3. The normalized spacial score (nSPS) is 21.9. The molecule has 1 aliphatic heterocycles. The molecule has 1 heterocycles. The maximum atomic E-state index is 13.4. The monoisotopic (exact) mass is 282 g/mol. The molecule has 2 aliphatic rings. The van der Waals surface area contributed by atoms with Crippen molar-refractivity contribution < 1.29 is 13.5 Å². The second kappa shape index (κ2) is 4.88. The lowest BCUT2D eigenvalue weighted by molar-refractivity contribution is -0.0565. The van der Waals surface area contributed by atoms with Gasteiger partial charge in [0.15, 0.2) is 0 Å². The molecule has 1 fully saturated rings. The van der Waals surface area contributed by atoms with Crippen LogP contribution in [0.5, 0.6) is 5.75 Å². The SMILES string of the molecule is COc1cc2c(cc1N1CCC(F)(F)CN1C)CCC2. The predicted octanol–water partition coefficient (Wildman–Crippen LogP) is 2.88. The zero-order chi connectivity index (χ0) is 14.3. The number of nitrogens with zero attached hydrogens (tertiary/aromatic N) is 2. The molecular weight excluding hydrogens is 262 g/mol. The van der Waals surface area contributed by atoms with Gasteiger partial charge in [-0.15, -0.1) is 0 Å². The quantitative estimate of drug-likeness (QED) is 0.829. The van der Waals surface area contributed by atoms with Crippen molar-refractivity contribution in [2.45, 2.75) is 31.6 Å². The molecule has 0 spiro atoms. The summed E-state index contributed by atoms with van der Waals surface area (Å²) in [5.41, 5.74) is 3.56. The first-order valence-corrected chi connectivity index (χ1v) is 7.06. The van der Waals surface area contributed by atoms with Crippen LogP contribution in [0.2, 0.25) is 0 Å². The van der Waals surface area contributed by atoms with E-state index in [1.165, 1.54) is 11.1 Å². The number of methoxy groups -OCH3 is 1. The molecule has 1 saturated heterocycles. The molecule has 3 rings (SSSR count). The molecule has 0 aromatic heterocycles. The van der Waals surface area contributed by atoms with Crippen molar-refractivity contribution >= 4 is 5.69 Å². The Balaban J connectivity index is 1.93. The van der Waals surface area contributed by atoms with Gasteiger partial charge in [0.25, 0.3) is 5.92 Å². The number of alkyl halides is 2. The van der Waals surface area contributed by atoms with Gasteiger partial charge in [0.1, 0.15) is 5.75 Å². The number of benzene rings is 1. The molecule has 0 radical (unpaired) electrons. The second-order valence-corrected chi connectivity index (χ2v) is 5.69. The van der Waals surface area contributed by atoms with Gasteiger partial charge in [-0.3, -0.25) is 0 Å². The van der Waals surface area contributed by atoms with E-state index >= 15 is 0 Å². The predicted molar refractivity (Wildman–Crippen MR) is 74.6 cm³/mol. The third kappa shape index (κ3) is 2.35. The lowest BCUT2D eigenvalue weighted by Gasteiger charge is -2.41. The number of hydrazine groups is 1. The smallest absolute Gasteiger partial charge is 0.264 e. The van der Waals surface area contributed by atoms with Crippen LogP contribution in [0.15, 0.2) is 12.1 Å². The van der Waals surface area contributed by atoms with E-state index in [0.29, 0.717) is 6.54 Å². The summed E-state index contributed by atoms with van der Waals surface area (Å²) in [7, 11) is 3.35. The fourth-order valence-corrected chi connectivity index (χ4v) is 3.20. The Kier molecular flexibility index (Phi) is 3.32. The molecule has 0 bridgehead atoms. The molecule has 1 aliphatic carbocycles. The van der Waals surface area contributed by atoms with E-state index in [1.807, 2.05) is 5.01 Å². The molecule has 0 N–H and O–H groups in total. The van der Waals surface area contributed by atoms with Gasteiger partial charge in [-0.1, -0.05) is 0 Å². The van der Waals surface area contributed by atoms with Gasteiger partial charge < -0.3 is 9.75 Å². The van der Waals surface area contributed by atoms with E-state index in [2.05, 4.69) is 12.1 Å². The summed E-state index contributed by atoms with van der Waals surface area (Å²) in [6.45, 7) is 0.0753. The van der Waals surface area contributed by atoms with Crippen LogP contribution in [-0.4, -0.2) is 38.2 Å². The maximum absolute atomic E-state index is 13.4. The van der Waals surface area contributed by atoms with E-state index in [1.54, 1.807) is 19.2 Å². The van der Waals surface area contributed by atoms with Crippen LogP contribution in [0.1, 0.15) is 24.0 Å². The standard InChI is InChI=1S/C15H20F2N2O/c1-18-10-15(16,17)6-7-19(18)13-8-11-4-3-5-12(11)9-14(13)20-2/h8-9H,3-7,10H2,1-2H3. The Hall–Kier alpha value is -1.36. The number of anilines is 1. The third-order valence-corrected chi connectivity index (χ3v) is 4.23. The number of aryl methyl sites for hydroxylation is 2. The third-order valence-electron chi connectivity index (χ3n) is 4.23. The number of halogens is 2. The molecule has 1 aromatic carbocycles. The maximum Gasteiger partial charge on any atom is 0.264 e. The molecule has 1 aromatic rings. The molecular formula is C15H20F2N2O. The highest BCUT2D eigenvalue weighted by Gasteiger charge is 2.38. The fraction of sp³-hybridized carbons (Fsp3) is 0.600. The highest BCUT2D eigenvalue weighted by Crippen LogP contribution is 2.38. The lowest BCUT2D eigenvalue weighted by atomic mass is 10.1. The Morgan fingerprint density at radius 2 is 1.90 bits per heavy atom. The minimum Gasteiger partial charge on any atom is -0.495 e. The van der Waals surface area contributed by atoms with Gasteiger partial charge >= 0.3 is 0 Å². The fourth-order valence-electron chi connectivity index (χ4n) is 3.20. The summed E-state index contributed by atoms with van der Waals surface area (Å²) in [4.78, 5) is 0. The minimum atomic E-state index is -2.60. The summed E-state index contributed by atoms with van der Waals surface area (Å²) in [6.07, 6.45) is 3.20. The van der Waals surface area contributed by atoms with E-state index in [9.17, 15) is 8.78 Å². The molecule has 110 valence electrons. The van der Waals surface area contributed by atoms with Crippen LogP contribution >= 0.6 is 0 Å². The molecule has 20 heavy (non-hydrogen) atoms. The van der Waals surface area contributed by atoms with Gasteiger partial charge in [-0.2, -0.15) is 0 Å². The molecule has 0 saturated carbocycles. The van der Waals surface area contributed by atoms with Crippen molar-refractivity contribution in [3.63, 3.8) is 0 Å². The Morgan fingerprint density at radius 3 is 2.55 bits per heavy atom. The van der Waals surface area contributed by atoms with Gasteiger partial charge in [0, 0.05) is 20.0 Å². The first-order valence-electron chi connectivity index (χ1n) is 7.06. The van der Waals surface area contributed by atoms with E-state index in [-0.39, 0.29) is 13.0 Å². The van der Waals surface area contributed by atoms with Crippen LogP contribution in [0, 0.1) is 0 Å². The lowest BCUT2D eigenvalue weighted by Crippen LogP contribution is -2.53. The van der Waals surface area contributed by atoms with E-state index in [0.717, 1.165) is 30.7 Å². The van der Waals surface area contributed by atoms with Crippen LogP contribution in [-0.2, 0) is 12.8 Å². The van der Waals surface area contributed by atoms with Crippen molar-refractivity contribution in [3.05, 3.63) is 23.3 Å². The Labute approximate surface area is 118 Å². The Bertz CT molecular complexity index is 519. The summed E-state index contributed by atoms with van der Waals surface area (Å²) < 4.78 is 32.4. The molecule has 0 unspecified atom stereocenters. The van der Waals surface area contributed by atoms with Gasteiger partial charge in [-0.05, 0) is 42.5 Å². The topological polar surface area (TPSA) is 15.7 Å². The van der Waals surface area contributed by atoms with Crippen molar-refractivity contribution in [2.24, 2.45) is 0 Å². The van der Waals surface area contributed by atoms with Crippen molar-refractivity contribution in [1.29, 1.82) is 0 Å². The number of ether oxygens (including phenoxy) is 1. The largest absolute Gasteiger partial charge is 0.495 e. The van der Waals surface area contributed by atoms with Gasteiger partial charge in [0.2, 0.25) is 0 Å². The summed E-state index contributed by atoms with van der Waals surface area (Å²) >= 11 is 0. The second-order valence-electron chi connectivity index (χ2n) is 5.69. The average Bonchev–Trinajstić information content (AvgIpc) is 2.83. The Morgan fingerprint density at radius 1 is 1.20 bits per heavy atom. The molecule has 5 heteroatoms. The van der Waals surface area contributed by atoms with E-state index in [4.69, 9.17) is 4.74 Å². The zero-order valence-electron chi connectivity index (χ0n) is 12.0. The zero-order valence-corrected chi connectivity index (χ0v) is 12.0. The molecule has 3 nitrogen and oxygen atoms in total. The number of rotatable bonds is 2. The van der Waals surface area contributed by atoms with Crippen LogP contribution in [0.4, 0.5) is 14.5 Å². The van der Waals surface area contributed by atoms with Crippen LogP contribution in [0.25, 0.3) is 0 Å².